The van der Waals surface area contributed by atoms with Gasteiger partial charge in [-0.25, -0.2) is 13.1 Å². The smallest absolute Gasteiger partial charge is 0.242 e. The third kappa shape index (κ3) is 4.56. The van der Waals surface area contributed by atoms with Crippen LogP contribution in [-0.4, -0.2) is 19.1 Å². The number of aliphatic hydroxyl groups is 1. The normalized spacial score (nSPS) is 12.7. The van der Waals surface area contributed by atoms with Crippen molar-refractivity contribution in [2.75, 3.05) is 0 Å². The van der Waals surface area contributed by atoms with Gasteiger partial charge in [0.25, 0.3) is 0 Å². The van der Waals surface area contributed by atoms with Crippen molar-refractivity contribution in [3.05, 3.63) is 28.2 Å². The van der Waals surface area contributed by atoms with Gasteiger partial charge in [0, 0.05) is 10.0 Å². The summed E-state index contributed by atoms with van der Waals surface area (Å²) in [4.78, 5) is 0.189. The lowest BCUT2D eigenvalue weighted by molar-refractivity contribution is 0.281. The molecule has 0 saturated carbocycles. The summed E-state index contributed by atoms with van der Waals surface area (Å²) < 4.78 is 27.8. The number of hydrogen-bond donors (Lipinski definition) is 2. The van der Waals surface area contributed by atoms with Crippen molar-refractivity contribution in [3.8, 4) is 0 Å². The molecule has 0 aromatic heterocycles. The Kier molecular flexibility index (Phi) is 5.55. The van der Waals surface area contributed by atoms with Crippen molar-refractivity contribution < 1.29 is 13.5 Å². The minimum atomic E-state index is -3.57. The molecule has 0 radical (unpaired) electrons. The molecular formula is C13H20BrNO3S. The maximum Gasteiger partial charge on any atom is 0.242 e. The van der Waals surface area contributed by atoms with Gasteiger partial charge in [0.05, 0.1) is 11.5 Å². The van der Waals surface area contributed by atoms with E-state index in [1.165, 1.54) is 6.07 Å². The Bertz CT molecular complexity index is 541. The van der Waals surface area contributed by atoms with Gasteiger partial charge in [-0.2, -0.15) is 0 Å². The number of rotatable bonds is 6. The molecule has 0 aliphatic rings. The summed E-state index contributed by atoms with van der Waals surface area (Å²) in [5.41, 5.74) is 0.182. The summed E-state index contributed by atoms with van der Waals surface area (Å²) in [6.07, 6.45) is 1.67. The first-order valence-electron chi connectivity index (χ1n) is 6.15. The average Bonchev–Trinajstić information content (AvgIpc) is 2.26. The van der Waals surface area contributed by atoms with E-state index in [1.54, 1.807) is 12.1 Å². The fourth-order valence-electron chi connectivity index (χ4n) is 1.96. The fraction of sp³-hybridized carbons (Fsp3) is 0.538. The number of sulfonamides is 1. The zero-order valence-corrected chi connectivity index (χ0v) is 13.8. The first-order chi connectivity index (χ1) is 8.72. The highest BCUT2D eigenvalue weighted by molar-refractivity contribution is 9.10. The molecule has 0 fully saturated rings. The molecule has 0 unspecified atom stereocenters. The van der Waals surface area contributed by atoms with E-state index in [1.807, 2.05) is 20.8 Å². The second kappa shape index (κ2) is 6.35. The molecule has 4 nitrogen and oxygen atoms in total. The van der Waals surface area contributed by atoms with Gasteiger partial charge in [0.2, 0.25) is 10.0 Å². The number of benzene rings is 1. The van der Waals surface area contributed by atoms with Crippen molar-refractivity contribution in [1.29, 1.82) is 0 Å². The van der Waals surface area contributed by atoms with Crippen LogP contribution in [0.25, 0.3) is 0 Å². The topological polar surface area (TPSA) is 66.4 Å². The summed E-state index contributed by atoms with van der Waals surface area (Å²) in [5, 5.41) is 9.03. The number of hydrogen-bond acceptors (Lipinski definition) is 3. The van der Waals surface area contributed by atoms with Gasteiger partial charge in [-0.05, 0) is 53.9 Å². The summed E-state index contributed by atoms with van der Waals surface area (Å²) in [7, 11) is -3.57. The van der Waals surface area contributed by atoms with Gasteiger partial charge in [0.15, 0.2) is 0 Å². The van der Waals surface area contributed by atoms with Crippen LogP contribution in [0, 0.1) is 0 Å². The van der Waals surface area contributed by atoms with Crippen molar-refractivity contribution in [3.63, 3.8) is 0 Å². The first-order valence-corrected chi connectivity index (χ1v) is 8.43. The van der Waals surface area contributed by atoms with Crippen LogP contribution in [0.3, 0.4) is 0 Å². The molecule has 0 saturated heterocycles. The molecule has 0 aliphatic carbocycles. The zero-order valence-electron chi connectivity index (χ0n) is 11.4. The van der Waals surface area contributed by atoms with E-state index in [2.05, 4.69) is 20.7 Å². The highest BCUT2D eigenvalue weighted by atomic mass is 79.9. The van der Waals surface area contributed by atoms with Gasteiger partial charge >= 0.3 is 0 Å². The Balaban J connectivity index is 3.07. The van der Waals surface area contributed by atoms with Gasteiger partial charge in [-0.3, -0.25) is 0 Å². The molecule has 0 aliphatic heterocycles. The van der Waals surface area contributed by atoms with Gasteiger partial charge in [0.1, 0.15) is 0 Å². The predicted octanol–water partition coefficient (Wildman–Crippen LogP) is 2.80. The molecule has 0 bridgehead atoms. The molecule has 0 spiro atoms. The van der Waals surface area contributed by atoms with Crippen LogP contribution in [0.4, 0.5) is 0 Å². The lowest BCUT2D eigenvalue weighted by Gasteiger charge is -2.25. The van der Waals surface area contributed by atoms with E-state index in [0.29, 0.717) is 10.0 Å². The number of halogens is 1. The van der Waals surface area contributed by atoms with Crippen LogP contribution >= 0.6 is 15.9 Å². The molecule has 1 aromatic rings. The maximum absolute atomic E-state index is 12.3. The Morgan fingerprint density at radius 2 is 2.00 bits per heavy atom. The van der Waals surface area contributed by atoms with Crippen molar-refractivity contribution in [2.24, 2.45) is 0 Å². The largest absolute Gasteiger partial charge is 0.392 e. The summed E-state index contributed by atoms with van der Waals surface area (Å²) in [5.74, 6) is 0. The second-order valence-electron chi connectivity index (χ2n) is 5.16. The highest BCUT2D eigenvalue weighted by Gasteiger charge is 2.26. The lowest BCUT2D eigenvalue weighted by Crippen LogP contribution is -2.43. The molecule has 0 atom stereocenters. The van der Waals surface area contributed by atoms with Gasteiger partial charge in [-0.1, -0.05) is 19.4 Å². The van der Waals surface area contributed by atoms with Crippen molar-refractivity contribution >= 4 is 26.0 Å². The molecule has 2 N–H and O–H groups in total. The molecular weight excluding hydrogens is 330 g/mol. The SMILES string of the molecule is CCCC(C)(C)NS(=O)(=O)c1ccc(CO)cc1Br. The van der Waals surface area contributed by atoms with E-state index in [0.717, 1.165) is 12.8 Å². The zero-order chi connectivity index (χ0) is 14.7. The first kappa shape index (κ1) is 16.6. The van der Waals surface area contributed by atoms with E-state index in [-0.39, 0.29) is 11.5 Å². The van der Waals surface area contributed by atoms with Crippen LogP contribution in [-0.2, 0) is 16.6 Å². The summed E-state index contributed by atoms with van der Waals surface area (Å²) >= 11 is 3.24. The molecule has 1 aromatic carbocycles. The van der Waals surface area contributed by atoms with Crippen LogP contribution in [0.5, 0.6) is 0 Å². The lowest BCUT2D eigenvalue weighted by atomic mass is 10.0. The van der Waals surface area contributed by atoms with Crippen molar-refractivity contribution in [2.45, 2.75) is 50.7 Å². The summed E-state index contributed by atoms with van der Waals surface area (Å²) in [6, 6.07) is 4.72. The molecule has 0 amide bonds. The molecule has 6 heteroatoms. The van der Waals surface area contributed by atoms with Crippen LogP contribution < -0.4 is 4.72 Å². The van der Waals surface area contributed by atoms with E-state index in [9.17, 15) is 8.42 Å². The van der Waals surface area contributed by atoms with E-state index < -0.39 is 15.6 Å². The van der Waals surface area contributed by atoms with E-state index >= 15 is 0 Å². The summed E-state index contributed by atoms with van der Waals surface area (Å²) in [6.45, 7) is 5.63. The second-order valence-corrected chi connectivity index (χ2v) is 7.67. The van der Waals surface area contributed by atoms with Crippen LogP contribution in [0.2, 0.25) is 0 Å². The van der Waals surface area contributed by atoms with Crippen LogP contribution in [0.15, 0.2) is 27.6 Å². The maximum atomic E-state index is 12.3. The Morgan fingerprint density at radius 3 is 2.47 bits per heavy atom. The standard InChI is InChI=1S/C13H20BrNO3S/c1-4-7-13(2,3)15-19(17,18)12-6-5-10(9-16)8-11(12)14/h5-6,8,15-16H,4,7,9H2,1-3H3. The number of nitrogens with one attached hydrogen (secondary N) is 1. The van der Waals surface area contributed by atoms with Crippen molar-refractivity contribution in [1.82, 2.24) is 4.72 Å². The Morgan fingerprint density at radius 1 is 1.37 bits per heavy atom. The Labute approximate surface area is 123 Å². The Hall–Kier alpha value is -0.430. The fourth-order valence-corrected chi connectivity index (χ4v) is 4.52. The average molecular weight is 350 g/mol. The third-order valence-electron chi connectivity index (χ3n) is 2.75. The van der Waals surface area contributed by atoms with Crippen LogP contribution in [0.1, 0.15) is 39.2 Å². The molecule has 19 heavy (non-hydrogen) atoms. The predicted molar refractivity (Wildman–Crippen MR) is 79.4 cm³/mol. The molecule has 108 valence electrons. The quantitative estimate of drug-likeness (QED) is 0.829. The monoisotopic (exact) mass is 349 g/mol. The highest BCUT2D eigenvalue weighted by Crippen LogP contribution is 2.25. The number of aliphatic hydroxyl groups excluding tert-OH is 1. The third-order valence-corrected chi connectivity index (χ3v) is 5.43. The minimum Gasteiger partial charge on any atom is -0.392 e. The molecule has 1 rings (SSSR count). The van der Waals surface area contributed by atoms with Gasteiger partial charge in [-0.15, -0.1) is 0 Å². The van der Waals surface area contributed by atoms with E-state index in [4.69, 9.17) is 5.11 Å². The van der Waals surface area contributed by atoms with Gasteiger partial charge < -0.3 is 5.11 Å². The molecule has 0 heterocycles. The minimum absolute atomic E-state index is 0.117.